The van der Waals surface area contributed by atoms with E-state index in [2.05, 4.69) is 24.1 Å². The van der Waals surface area contributed by atoms with Crippen LogP contribution >= 0.6 is 0 Å². The Labute approximate surface area is 169 Å². The Morgan fingerprint density at radius 3 is 2.39 bits per heavy atom. The molecule has 0 atom stereocenters. The Kier molecular flexibility index (Phi) is 7.01. The van der Waals surface area contributed by atoms with Gasteiger partial charge in [-0.25, -0.2) is 12.7 Å². The molecule has 0 saturated carbocycles. The Morgan fingerprint density at radius 1 is 1.18 bits per heavy atom. The molecule has 9 heteroatoms. The number of hydrogen-bond acceptors (Lipinski definition) is 6. The number of rotatable bonds is 7. The zero-order valence-electron chi connectivity index (χ0n) is 17.6. The first-order valence-corrected chi connectivity index (χ1v) is 12.0. The SMILES string of the molecule is CCS(=O)(=O)N1CCC(NCc2c(C(C)C)nn(C)c2N2CCOCC2)CC1. The van der Waals surface area contributed by atoms with Gasteiger partial charge in [0, 0.05) is 51.4 Å². The van der Waals surface area contributed by atoms with Crippen LogP contribution in [-0.2, 0) is 28.4 Å². The predicted octanol–water partition coefficient (Wildman–Crippen LogP) is 1.28. The van der Waals surface area contributed by atoms with E-state index in [0.717, 1.165) is 51.4 Å². The molecule has 0 unspecified atom stereocenters. The number of hydrogen-bond donors (Lipinski definition) is 1. The first-order chi connectivity index (χ1) is 13.3. The fourth-order valence-electron chi connectivity index (χ4n) is 4.15. The topological polar surface area (TPSA) is 79.7 Å². The number of nitrogens with one attached hydrogen (secondary N) is 1. The molecule has 1 aromatic heterocycles. The highest BCUT2D eigenvalue weighted by Gasteiger charge is 2.28. The second-order valence-electron chi connectivity index (χ2n) is 8.02. The molecule has 0 amide bonds. The molecule has 2 aliphatic heterocycles. The number of piperidine rings is 1. The van der Waals surface area contributed by atoms with Crippen LogP contribution in [0.25, 0.3) is 0 Å². The molecular weight excluding hydrogens is 378 g/mol. The van der Waals surface area contributed by atoms with Crippen LogP contribution in [0.3, 0.4) is 0 Å². The van der Waals surface area contributed by atoms with Gasteiger partial charge in [-0.05, 0) is 25.7 Å². The van der Waals surface area contributed by atoms with E-state index in [1.54, 1.807) is 11.2 Å². The molecule has 160 valence electrons. The summed E-state index contributed by atoms with van der Waals surface area (Å²) in [5, 5.41) is 8.49. The van der Waals surface area contributed by atoms with Crippen LogP contribution < -0.4 is 10.2 Å². The van der Waals surface area contributed by atoms with Crippen LogP contribution in [0.4, 0.5) is 5.82 Å². The van der Waals surface area contributed by atoms with Gasteiger partial charge in [0.1, 0.15) is 5.82 Å². The zero-order valence-corrected chi connectivity index (χ0v) is 18.5. The third kappa shape index (κ3) is 4.69. The minimum absolute atomic E-state index is 0.182. The Morgan fingerprint density at radius 2 is 1.82 bits per heavy atom. The van der Waals surface area contributed by atoms with Crippen LogP contribution in [0.5, 0.6) is 0 Å². The van der Waals surface area contributed by atoms with Crippen LogP contribution in [0, 0.1) is 0 Å². The fraction of sp³-hybridized carbons (Fsp3) is 0.842. The van der Waals surface area contributed by atoms with Crippen molar-refractivity contribution in [1.29, 1.82) is 0 Å². The average Bonchev–Trinajstić information content (AvgIpc) is 3.04. The molecule has 3 heterocycles. The van der Waals surface area contributed by atoms with Gasteiger partial charge in [-0.3, -0.25) is 4.68 Å². The van der Waals surface area contributed by atoms with Crippen LogP contribution in [0.15, 0.2) is 0 Å². The molecule has 3 rings (SSSR count). The highest BCUT2D eigenvalue weighted by atomic mass is 32.2. The molecule has 8 nitrogen and oxygen atoms in total. The molecule has 2 saturated heterocycles. The van der Waals surface area contributed by atoms with E-state index in [4.69, 9.17) is 9.84 Å². The zero-order chi connectivity index (χ0) is 20.3. The number of anilines is 1. The van der Waals surface area contributed by atoms with E-state index in [1.165, 1.54) is 11.4 Å². The Hall–Kier alpha value is -1.16. The maximum Gasteiger partial charge on any atom is 0.213 e. The molecule has 0 bridgehead atoms. The fourth-order valence-corrected chi connectivity index (χ4v) is 5.28. The van der Waals surface area contributed by atoms with Crippen molar-refractivity contribution in [3.63, 3.8) is 0 Å². The van der Waals surface area contributed by atoms with Crippen LogP contribution in [0.2, 0.25) is 0 Å². The van der Waals surface area contributed by atoms with Gasteiger partial charge < -0.3 is 15.0 Å². The molecule has 2 fully saturated rings. The third-order valence-electron chi connectivity index (χ3n) is 5.78. The quantitative estimate of drug-likeness (QED) is 0.726. The predicted molar refractivity (Wildman–Crippen MR) is 111 cm³/mol. The first-order valence-electron chi connectivity index (χ1n) is 10.4. The second-order valence-corrected chi connectivity index (χ2v) is 10.3. The highest BCUT2D eigenvalue weighted by Crippen LogP contribution is 2.29. The smallest absolute Gasteiger partial charge is 0.213 e. The van der Waals surface area contributed by atoms with E-state index in [9.17, 15) is 8.42 Å². The minimum Gasteiger partial charge on any atom is -0.378 e. The summed E-state index contributed by atoms with van der Waals surface area (Å²) in [5.41, 5.74) is 2.41. The lowest BCUT2D eigenvalue weighted by molar-refractivity contribution is 0.122. The van der Waals surface area contributed by atoms with Crippen LogP contribution in [-0.4, -0.2) is 73.7 Å². The number of aromatic nitrogens is 2. The number of sulfonamides is 1. The van der Waals surface area contributed by atoms with Gasteiger partial charge in [0.05, 0.1) is 24.7 Å². The molecule has 1 aromatic rings. The Balaban J connectivity index is 1.68. The summed E-state index contributed by atoms with van der Waals surface area (Å²) in [6.45, 7) is 11.3. The summed E-state index contributed by atoms with van der Waals surface area (Å²) >= 11 is 0. The van der Waals surface area contributed by atoms with Crippen molar-refractivity contribution in [1.82, 2.24) is 19.4 Å². The number of morpholine rings is 1. The summed E-state index contributed by atoms with van der Waals surface area (Å²) in [7, 11) is -1.05. The lowest BCUT2D eigenvalue weighted by Gasteiger charge is -2.32. The largest absolute Gasteiger partial charge is 0.378 e. The van der Waals surface area contributed by atoms with Crippen molar-refractivity contribution in [3.8, 4) is 0 Å². The van der Waals surface area contributed by atoms with E-state index in [-0.39, 0.29) is 5.75 Å². The van der Waals surface area contributed by atoms with Crippen molar-refractivity contribution in [3.05, 3.63) is 11.3 Å². The van der Waals surface area contributed by atoms with Gasteiger partial charge in [0.2, 0.25) is 10.0 Å². The van der Waals surface area contributed by atoms with Gasteiger partial charge in [0.15, 0.2) is 0 Å². The summed E-state index contributed by atoms with van der Waals surface area (Å²) in [6, 6.07) is 0.334. The Bertz CT molecular complexity index is 748. The van der Waals surface area contributed by atoms with E-state index < -0.39 is 10.0 Å². The van der Waals surface area contributed by atoms with E-state index in [1.807, 2.05) is 11.7 Å². The molecule has 2 aliphatic rings. The monoisotopic (exact) mass is 413 g/mol. The van der Waals surface area contributed by atoms with Gasteiger partial charge in [-0.1, -0.05) is 13.8 Å². The summed E-state index contributed by atoms with van der Waals surface area (Å²) in [4.78, 5) is 2.37. The lowest BCUT2D eigenvalue weighted by atomic mass is 10.0. The van der Waals surface area contributed by atoms with Crippen molar-refractivity contribution < 1.29 is 13.2 Å². The highest BCUT2D eigenvalue weighted by molar-refractivity contribution is 7.89. The number of aryl methyl sites for hydroxylation is 1. The van der Waals surface area contributed by atoms with Crippen LogP contribution in [0.1, 0.15) is 50.8 Å². The summed E-state index contributed by atoms with van der Waals surface area (Å²) < 4.78 is 33.3. The standard InChI is InChI=1S/C19H35N5O3S/c1-5-28(25,26)24-8-6-16(7-9-24)20-14-17-18(15(2)3)21-22(4)19(17)23-10-12-27-13-11-23/h15-16,20H,5-14H2,1-4H3. The van der Waals surface area contributed by atoms with E-state index >= 15 is 0 Å². The number of nitrogens with zero attached hydrogens (tertiary/aromatic N) is 4. The molecule has 0 spiro atoms. The first kappa shape index (κ1) is 21.5. The molecule has 0 radical (unpaired) electrons. The van der Waals surface area contributed by atoms with Crippen molar-refractivity contribution in [2.45, 2.75) is 52.1 Å². The maximum absolute atomic E-state index is 12.1. The molecule has 28 heavy (non-hydrogen) atoms. The number of ether oxygens (including phenoxy) is 1. The average molecular weight is 414 g/mol. The third-order valence-corrected chi connectivity index (χ3v) is 7.66. The summed E-state index contributed by atoms with van der Waals surface area (Å²) in [5.74, 6) is 1.72. The van der Waals surface area contributed by atoms with Crippen molar-refractivity contribution >= 4 is 15.8 Å². The summed E-state index contributed by atoms with van der Waals surface area (Å²) in [6.07, 6.45) is 1.70. The van der Waals surface area contributed by atoms with Gasteiger partial charge >= 0.3 is 0 Å². The van der Waals surface area contributed by atoms with Gasteiger partial charge in [-0.15, -0.1) is 0 Å². The van der Waals surface area contributed by atoms with Gasteiger partial charge in [-0.2, -0.15) is 5.10 Å². The molecular formula is C19H35N5O3S. The van der Waals surface area contributed by atoms with Gasteiger partial charge in [0.25, 0.3) is 0 Å². The second kappa shape index (κ2) is 9.11. The van der Waals surface area contributed by atoms with E-state index in [0.29, 0.717) is 25.0 Å². The van der Waals surface area contributed by atoms with Crippen molar-refractivity contribution in [2.24, 2.45) is 7.05 Å². The lowest BCUT2D eigenvalue weighted by Crippen LogP contribution is -2.45. The molecule has 1 N–H and O–H groups in total. The molecule has 0 aromatic carbocycles. The maximum atomic E-state index is 12.1. The normalized spacial score (nSPS) is 20.2. The van der Waals surface area contributed by atoms with Crippen molar-refractivity contribution in [2.75, 3.05) is 50.0 Å². The minimum atomic E-state index is -3.07. The molecule has 0 aliphatic carbocycles.